The molecule has 3 rings (SSSR count). The zero-order valence-corrected chi connectivity index (χ0v) is 15.4. The van der Waals surface area contributed by atoms with Crippen molar-refractivity contribution in [2.45, 2.75) is 39.7 Å². The number of hydrogen-bond acceptors (Lipinski definition) is 5. The van der Waals surface area contributed by atoms with Crippen LogP contribution in [0.15, 0.2) is 30.5 Å². The predicted molar refractivity (Wildman–Crippen MR) is 101 cm³/mol. The smallest absolute Gasteiger partial charge is 0.434 e. The summed E-state index contributed by atoms with van der Waals surface area (Å²) >= 11 is 0. The van der Waals surface area contributed by atoms with Gasteiger partial charge in [-0.05, 0) is 38.0 Å². The van der Waals surface area contributed by atoms with Crippen molar-refractivity contribution in [3.8, 4) is 5.88 Å². The van der Waals surface area contributed by atoms with E-state index in [0.29, 0.717) is 0 Å². The van der Waals surface area contributed by atoms with Gasteiger partial charge in [0.25, 0.3) is 0 Å². The number of benzene rings is 1. The molecular formula is C20H24N2O4. The van der Waals surface area contributed by atoms with Crippen LogP contribution in [-0.2, 0) is 9.47 Å². The summed E-state index contributed by atoms with van der Waals surface area (Å²) in [5.41, 5.74) is 2.99. The average molecular weight is 356 g/mol. The minimum Gasteiger partial charge on any atom is -0.434 e. The molecule has 0 aliphatic carbocycles. The Labute approximate surface area is 152 Å². The van der Waals surface area contributed by atoms with Gasteiger partial charge in [-0.15, -0.1) is 0 Å². The topological polar surface area (TPSA) is 73.4 Å². The molecule has 1 aromatic carbocycles. The minimum absolute atomic E-state index is 0.0213. The molecular weight excluding hydrogens is 332 g/mol. The summed E-state index contributed by atoms with van der Waals surface area (Å²) in [7, 11) is 0. The van der Waals surface area contributed by atoms with Crippen LogP contribution in [0.3, 0.4) is 0 Å². The third-order valence-electron chi connectivity index (χ3n) is 4.27. The van der Waals surface area contributed by atoms with Crippen LogP contribution < -0.4 is 4.74 Å². The highest BCUT2D eigenvalue weighted by Gasteiger charge is 2.13. The number of aromatic nitrogens is 2. The standard InChI is InChI=1S/C20H24N2O4/c1-4-6-9-25-13(3)14-7-8-17-15(10-14)16-11-19(21-12-18(16)22-17)26-20(23)24-5-2/h7-8,10-13,22H,4-6,9H2,1-3H3. The SMILES string of the molecule is CCCCOC(C)c1ccc2[nH]c3cnc(OC(=O)OCC)cc3c2c1. The minimum atomic E-state index is -0.752. The van der Waals surface area contributed by atoms with E-state index in [1.807, 2.05) is 6.07 Å². The molecule has 138 valence electrons. The highest BCUT2D eigenvalue weighted by Crippen LogP contribution is 2.30. The number of rotatable bonds is 7. The van der Waals surface area contributed by atoms with Crippen molar-refractivity contribution in [1.29, 1.82) is 0 Å². The fourth-order valence-corrected chi connectivity index (χ4v) is 2.84. The van der Waals surface area contributed by atoms with Crippen LogP contribution >= 0.6 is 0 Å². The molecule has 0 aliphatic rings. The maximum Gasteiger partial charge on any atom is 0.515 e. The summed E-state index contributed by atoms with van der Waals surface area (Å²) < 4.78 is 15.8. The summed E-state index contributed by atoms with van der Waals surface area (Å²) in [4.78, 5) is 19.0. The first-order valence-corrected chi connectivity index (χ1v) is 9.00. The first-order valence-electron chi connectivity index (χ1n) is 9.00. The van der Waals surface area contributed by atoms with Gasteiger partial charge in [-0.3, -0.25) is 0 Å². The zero-order valence-electron chi connectivity index (χ0n) is 15.4. The Kier molecular flexibility index (Phi) is 5.73. The van der Waals surface area contributed by atoms with Gasteiger partial charge in [0.2, 0.25) is 5.88 Å². The number of ether oxygens (including phenoxy) is 3. The average Bonchev–Trinajstić information content (AvgIpc) is 2.99. The number of nitrogens with zero attached hydrogens (tertiary/aromatic N) is 1. The zero-order chi connectivity index (χ0) is 18.5. The Balaban J connectivity index is 1.91. The van der Waals surface area contributed by atoms with Gasteiger partial charge in [0.1, 0.15) is 0 Å². The number of unbranched alkanes of at least 4 members (excludes halogenated alkanes) is 1. The molecule has 0 bridgehead atoms. The van der Waals surface area contributed by atoms with E-state index in [-0.39, 0.29) is 18.6 Å². The second-order valence-electron chi connectivity index (χ2n) is 6.15. The molecule has 0 amide bonds. The number of nitrogens with one attached hydrogen (secondary N) is 1. The van der Waals surface area contributed by atoms with Crippen LogP contribution in [0.2, 0.25) is 0 Å². The maximum atomic E-state index is 11.5. The number of carbonyl (C=O) groups is 1. The summed E-state index contributed by atoms with van der Waals surface area (Å²) in [5.74, 6) is 0.217. The highest BCUT2D eigenvalue weighted by atomic mass is 16.7. The fourth-order valence-electron chi connectivity index (χ4n) is 2.84. The largest absolute Gasteiger partial charge is 0.515 e. The molecule has 1 unspecified atom stereocenters. The molecule has 0 saturated heterocycles. The molecule has 2 heterocycles. The van der Waals surface area contributed by atoms with E-state index >= 15 is 0 Å². The quantitative estimate of drug-likeness (QED) is 0.469. The van der Waals surface area contributed by atoms with Gasteiger partial charge in [0, 0.05) is 29.0 Å². The molecule has 0 saturated carbocycles. The summed E-state index contributed by atoms with van der Waals surface area (Å²) in [5, 5.41) is 1.98. The number of pyridine rings is 1. The van der Waals surface area contributed by atoms with Crippen molar-refractivity contribution in [2.24, 2.45) is 0 Å². The van der Waals surface area contributed by atoms with E-state index in [1.54, 1.807) is 19.2 Å². The van der Waals surface area contributed by atoms with E-state index in [1.165, 1.54) is 0 Å². The fraction of sp³-hybridized carbons (Fsp3) is 0.400. The Morgan fingerprint density at radius 2 is 2.00 bits per heavy atom. The van der Waals surface area contributed by atoms with E-state index < -0.39 is 6.16 Å². The van der Waals surface area contributed by atoms with Gasteiger partial charge in [0.15, 0.2) is 0 Å². The van der Waals surface area contributed by atoms with Crippen LogP contribution in [0.4, 0.5) is 4.79 Å². The molecule has 0 radical (unpaired) electrons. The molecule has 6 nitrogen and oxygen atoms in total. The van der Waals surface area contributed by atoms with Crippen molar-refractivity contribution < 1.29 is 19.0 Å². The lowest BCUT2D eigenvalue weighted by molar-refractivity contribution is 0.0638. The van der Waals surface area contributed by atoms with Crippen molar-refractivity contribution in [3.63, 3.8) is 0 Å². The van der Waals surface area contributed by atoms with Crippen LogP contribution in [0.1, 0.15) is 45.3 Å². The Morgan fingerprint density at radius 1 is 1.19 bits per heavy atom. The lowest BCUT2D eigenvalue weighted by atomic mass is 10.1. The van der Waals surface area contributed by atoms with Crippen molar-refractivity contribution >= 4 is 28.0 Å². The van der Waals surface area contributed by atoms with E-state index in [9.17, 15) is 4.79 Å². The van der Waals surface area contributed by atoms with Gasteiger partial charge in [-0.25, -0.2) is 9.78 Å². The maximum absolute atomic E-state index is 11.5. The van der Waals surface area contributed by atoms with Crippen LogP contribution in [0, 0.1) is 0 Å². The first kappa shape index (κ1) is 18.2. The highest BCUT2D eigenvalue weighted by molar-refractivity contribution is 6.07. The molecule has 2 aromatic heterocycles. The van der Waals surface area contributed by atoms with E-state index in [4.69, 9.17) is 14.2 Å². The van der Waals surface area contributed by atoms with Crippen molar-refractivity contribution in [2.75, 3.05) is 13.2 Å². The van der Waals surface area contributed by atoms with Crippen LogP contribution in [0.25, 0.3) is 21.8 Å². The Bertz CT molecular complexity index is 903. The van der Waals surface area contributed by atoms with Crippen LogP contribution in [-0.4, -0.2) is 29.3 Å². The normalized spacial score (nSPS) is 12.4. The van der Waals surface area contributed by atoms with Gasteiger partial charge in [-0.2, -0.15) is 0 Å². The van der Waals surface area contributed by atoms with Gasteiger partial charge < -0.3 is 19.2 Å². The molecule has 0 fully saturated rings. The molecule has 1 N–H and O–H groups in total. The van der Waals surface area contributed by atoms with E-state index in [2.05, 4.69) is 35.9 Å². The molecule has 0 aliphatic heterocycles. The summed E-state index contributed by atoms with van der Waals surface area (Å²) in [6, 6.07) is 7.96. The van der Waals surface area contributed by atoms with Crippen LogP contribution in [0.5, 0.6) is 5.88 Å². The lowest BCUT2D eigenvalue weighted by Crippen LogP contribution is -2.10. The molecule has 26 heavy (non-hydrogen) atoms. The summed E-state index contributed by atoms with van der Waals surface area (Å²) in [6.45, 7) is 6.94. The number of H-pyrrole nitrogens is 1. The molecule has 6 heteroatoms. The third-order valence-corrected chi connectivity index (χ3v) is 4.27. The van der Waals surface area contributed by atoms with Gasteiger partial charge >= 0.3 is 6.16 Å². The molecule has 3 aromatic rings. The monoisotopic (exact) mass is 356 g/mol. The second kappa shape index (κ2) is 8.19. The molecule has 0 spiro atoms. The molecule has 1 atom stereocenters. The summed E-state index contributed by atoms with van der Waals surface area (Å²) in [6.07, 6.45) is 3.10. The number of hydrogen-bond donors (Lipinski definition) is 1. The van der Waals surface area contributed by atoms with Crippen molar-refractivity contribution in [1.82, 2.24) is 9.97 Å². The second-order valence-corrected chi connectivity index (χ2v) is 6.15. The van der Waals surface area contributed by atoms with Crippen molar-refractivity contribution in [3.05, 3.63) is 36.0 Å². The third kappa shape index (κ3) is 3.96. The Morgan fingerprint density at radius 3 is 2.77 bits per heavy atom. The Hall–Kier alpha value is -2.60. The van der Waals surface area contributed by atoms with Gasteiger partial charge in [-0.1, -0.05) is 19.4 Å². The first-order chi connectivity index (χ1) is 12.6. The van der Waals surface area contributed by atoms with E-state index in [0.717, 1.165) is 46.8 Å². The predicted octanol–water partition coefficient (Wildman–Crippen LogP) is 5.13. The van der Waals surface area contributed by atoms with Gasteiger partial charge in [0.05, 0.1) is 24.4 Å². The lowest BCUT2D eigenvalue weighted by Gasteiger charge is -2.13. The number of aromatic amines is 1. The number of fused-ring (bicyclic) bond motifs is 3. The number of carbonyl (C=O) groups excluding carboxylic acids is 1.